The number of nitrogens with one attached hydrogen (secondary N) is 3. The summed E-state index contributed by atoms with van der Waals surface area (Å²) in [6.07, 6.45) is 0. The molecule has 1 aliphatic heterocycles. The SMILES string of the molecule is Cc1ccc(NC(=O)/C(C(=O)Nc2ccccc2)=C2\NCCO2)cc1. The van der Waals surface area contributed by atoms with Crippen molar-refractivity contribution < 1.29 is 14.3 Å². The first-order chi connectivity index (χ1) is 12.1. The van der Waals surface area contributed by atoms with Crippen LogP contribution in [0.4, 0.5) is 11.4 Å². The molecule has 0 spiro atoms. The molecule has 3 rings (SSSR count). The van der Waals surface area contributed by atoms with E-state index < -0.39 is 11.8 Å². The third kappa shape index (κ3) is 4.17. The van der Waals surface area contributed by atoms with Crippen molar-refractivity contribution >= 4 is 23.2 Å². The molecule has 0 bridgehead atoms. The van der Waals surface area contributed by atoms with Crippen LogP contribution >= 0.6 is 0 Å². The van der Waals surface area contributed by atoms with Gasteiger partial charge in [-0.2, -0.15) is 0 Å². The first-order valence-electron chi connectivity index (χ1n) is 7.99. The van der Waals surface area contributed by atoms with Crippen LogP contribution in [0.3, 0.4) is 0 Å². The molecule has 2 aromatic carbocycles. The Morgan fingerprint density at radius 1 is 0.920 bits per heavy atom. The highest BCUT2D eigenvalue weighted by Crippen LogP contribution is 2.16. The van der Waals surface area contributed by atoms with Gasteiger partial charge in [0.25, 0.3) is 11.8 Å². The van der Waals surface area contributed by atoms with Gasteiger partial charge in [-0.05, 0) is 31.2 Å². The summed E-state index contributed by atoms with van der Waals surface area (Å²) in [6.45, 7) is 2.92. The number of para-hydroxylation sites is 1. The maximum atomic E-state index is 12.7. The normalized spacial score (nSPS) is 14.9. The first kappa shape index (κ1) is 16.6. The number of carbonyl (C=O) groups is 2. The second-order valence-corrected chi connectivity index (χ2v) is 5.62. The predicted octanol–water partition coefficient (Wildman–Crippen LogP) is 2.40. The molecule has 0 unspecified atom stereocenters. The van der Waals surface area contributed by atoms with Gasteiger partial charge in [-0.15, -0.1) is 0 Å². The van der Waals surface area contributed by atoms with Crippen molar-refractivity contribution in [2.24, 2.45) is 0 Å². The number of amides is 2. The molecule has 0 aromatic heterocycles. The second-order valence-electron chi connectivity index (χ2n) is 5.62. The molecule has 2 amide bonds. The van der Waals surface area contributed by atoms with E-state index in [1.807, 2.05) is 25.1 Å². The van der Waals surface area contributed by atoms with Crippen molar-refractivity contribution in [2.75, 3.05) is 23.8 Å². The highest BCUT2D eigenvalue weighted by Gasteiger charge is 2.27. The van der Waals surface area contributed by atoms with Crippen LogP contribution in [0.15, 0.2) is 66.1 Å². The second kappa shape index (κ2) is 7.53. The lowest BCUT2D eigenvalue weighted by Crippen LogP contribution is -2.29. The number of aryl methyl sites for hydroxylation is 1. The lowest BCUT2D eigenvalue weighted by Gasteiger charge is -2.12. The molecule has 1 heterocycles. The number of ether oxygens (including phenoxy) is 1. The van der Waals surface area contributed by atoms with Crippen LogP contribution in [0, 0.1) is 6.92 Å². The topological polar surface area (TPSA) is 79.5 Å². The molecule has 128 valence electrons. The Hall–Kier alpha value is -3.28. The summed E-state index contributed by atoms with van der Waals surface area (Å²) in [5.74, 6) is -0.861. The van der Waals surface area contributed by atoms with Crippen LogP contribution in [0.25, 0.3) is 0 Å². The third-order valence-electron chi connectivity index (χ3n) is 3.66. The molecule has 2 aromatic rings. The smallest absolute Gasteiger partial charge is 0.266 e. The predicted molar refractivity (Wildman–Crippen MR) is 95.9 cm³/mol. The lowest BCUT2D eigenvalue weighted by atomic mass is 10.2. The van der Waals surface area contributed by atoms with E-state index in [2.05, 4.69) is 16.0 Å². The molecule has 6 nitrogen and oxygen atoms in total. The maximum Gasteiger partial charge on any atom is 0.266 e. The summed E-state index contributed by atoms with van der Waals surface area (Å²) in [7, 11) is 0. The largest absolute Gasteiger partial charge is 0.477 e. The number of hydrogen-bond acceptors (Lipinski definition) is 4. The standard InChI is InChI=1S/C19H19N3O3/c1-13-7-9-15(10-8-13)22-18(24)16(19-20-11-12-25-19)17(23)21-14-5-3-2-4-6-14/h2-10,20H,11-12H2,1H3,(H,21,23)(H,22,24)/b19-16+. The van der Waals surface area contributed by atoms with E-state index in [4.69, 9.17) is 4.74 Å². The van der Waals surface area contributed by atoms with Crippen LogP contribution in [-0.4, -0.2) is 25.0 Å². The number of carbonyl (C=O) groups excluding carboxylic acids is 2. The molecule has 25 heavy (non-hydrogen) atoms. The molecule has 1 fully saturated rings. The molecule has 0 radical (unpaired) electrons. The summed E-state index contributed by atoms with van der Waals surface area (Å²) in [6, 6.07) is 16.3. The lowest BCUT2D eigenvalue weighted by molar-refractivity contribution is -0.118. The average molecular weight is 337 g/mol. The van der Waals surface area contributed by atoms with Gasteiger partial charge in [0.15, 0.2) is 5.57 Å². The van der Waals surface area contributed by atoms with Crippen molar-refractivity contribution in [3.8, 4) is 0 Å². The van der Waals surface area contributed by atoms with Gasteiger partial charge < -0.3 is 20.7 Å². The molecule has 1 aliphatic rings. The Balaban J connectivity index is 1.82. The van der Waals surface area contributed by atoms with Gasteiger partial charge in [0.1, 0.15) is 6.61 Å². The molecule has 3 N–H and O–H groups in total. The molecule has 0 atom stereocenters. The quantitative estimate of drug-likeness (QED) is 0.455. The average Bonchev–Trinajstić information content (AvgIpc) is 3.12. The number of anilines is 2. The van der Waals surface area contributed by atoms with Crippen LogP contribution in [0.5, 0.6) is 0 Å². The van der Waals surface area contributed by atoms with Crippen LogP contribution < -0.4 is 16.0 Å². The fourth-order valence-electron chi connectivity index (χ4n) is 2.38. The zero-order chi connectivity index (χ0) is 17.6. The van der Waals surface area contributed by atoms with Gasteiger partial charge in [0.2, 0.25) is 5.88 Å². The number of benzene rings is 2. The fourth-order valence-corrected chi connectivity index (χ4v) is 2.38. The van der Waals surface area contributed by atoms with E-state index in [1.54, 1.807) is 36.4 Å². The summed E-state index contributed by atoms with van der Waals surface area (Å²) < 4.78 is 5.40. The molecule has 6 heteroatoms. The Morgan fingerprint density at radius 3 is 2.08 bits per heavy atom. The summed E-state index contributed by atoms with van der Waals surface area (Å²) in [4.78, 5) is 25.3. The fraction of sp³-hybridized carbons (Fsp3) is 0.158. The Kier molecular flexibility index (Phi) is 4.99. The summed E-state index contributed by atoms with van der Waals surface area (Å²) >= 11 is 0. The van der Waals surface area contributed by atoms with E-state index in [0.29, 0.717) is 24.5 Å². The molecule has 1 saturated heterocycles. The van der Waals surface area contributed by atoms with Gasteiger partial charge in [0, 0.05) is 11.4 Å². The zero-order valence-corrected chi connectivity index (χ0v) is 13.8. The summed E-state index contributed by atoms with van der Waals surface area (Å²) in [5.41, 5.74) is 2.21. The van der Waals surface area contributed by atoms with Crippen LogP contribution in [-0.2, 0) is 14.3 Å². The van der Waals surface area contributed by atoms with Gasteiger partial charge in [0.05, 0.1) is 6.54 Å². The van der Waals surface area contributed by atoms with Gasteiger partial charge in [-0.1, -0.05) is 35.9 Å². The highest BCUT2D eigenvalue weighted by molar-refractivity contribution is 6.26. The summed E-state index contributed by atoms with van der Waals surface area (Å²) in [5, 5.41) is 8.39. The van der Waals surface area contributed by atoms with E-state index >= 15 is 0 Å². The number of rotatable bonds is 4. The van der Waals surface area contributed by atoms with Crippen molar-refractivity contribution in [3.05, 3.63) is 71.6 Å². The van der Waals surface area contributed by atoms with Crippen LogP contribution in [0.2, 0.25) is 0 Å². The Labute approximate surface area is 145 Å². The molecular weight excluding hydrogens is 318 g/mol. The monoisotopic (exact) mass is 337 g/mol. The van der Waals surface area contributed by atoms with Gasteiger partial charge in [-0.25, -0.2) is 0 Å². The van der Waals surface area contributed by atoms with Crippen molar-refractivity contribution in [2.45, 2.75) is 6.92 Å². The van der Waals surface area contributed by atoms with Gasteiger partial charge in [-0.3, -0.25) is 9.59 Å². The highest BCUT2D eigenvalue weighted by atomic mass is 16.5. The van der Waals surface area contributed by atoms with E-state index in [-0.39, 0.29) is 11.5 Å². The van der Waals surface area contributed by atoms with Crippen molar-refractivity contribution in [1.82, 2.24) is 5.32 Å². The first-order valence-corrected chi connectivity index (χ1v) is 7.99. The minimum absolute atomic E-state index is 0.0815. The molecular formula is C19H19N3O3. The Morgan fingerprint density at radius 2 is 1.52 bits per heavy atom. The van der Waals surface area contributed by atoms with Crippen molar-refractivity contribution in [1.29, 1.82) is 0 Å². The third-order valence-corrected chi connectivity index (χ3v) is 3.66. The van der Waals surface area contributed by atoms with E-state index in [9.17, 15) is 9.59 Å². The maximum absolute atomic E-state index is 12.7. The molecule has 0 saturated carbocycles. The van der Waals surface area contributed by atoms with Crippen LogP contribution in [0.1, 0.15) is 5.56 Å². The minimum atomic E-state index is -0.528. The van der Waals surface area contributed by atoms with E-state index in [0.717, 1.165) is 5.56 Å². The van der Waals surface area contributed by atoms with Crippen molar-refractivity contribution in [3.63, 3.8) is 0 Å². The van der Waals surface area contributed by atoms with E-state index in [1.165, 1.54) is 0 Å². The minimum Gasteiger partial charge on any atom is -0.477 e. The number of hydrogen-bond donors (Lipinski definition) is 3. The Bertz CT molecular complexity index is 790. The zero-order valence-electron chi connectivity index (χ0n) is 13.8. The molecule has 0 aliphatic carbocycles. The van der Waals surface area contributed by atoms with Gasteiger partial charge >= 0.3 is 0 Å².